The molecule has 1 amide bonds. The SMILES string of the molecule is CCCCN(CCO)C(C)C(=O)Nc1cc(N)ccc1F. The fraction of sp³-hybridized carbons (Fsp3) is 0.533. The Bertz CT molecular complexity index is 468. The van der Waals surface area contributed by atoms with Gasteiger partial charge in [0, 0.05) is 12.2 Å². The van der Waals surface area contributed by atoms with Gasteiger partial charge in [-0.3, -0.25) is 9.69 Å². The first-order valence-corrected chi connectivity index (χ1v) is 7.20. The van der Waals surface area contributed by atoms with Crippen LogP contribution in [0.4, 0.5) is 15.8 Å². The molecule has 0 aliphatic carbocycles. The van der Waals surface area contributed by atoms with Crippen LogP contribution in [0.3, 0.4) is 0 Å². The van der Waals surface area contributed by atoms with Gasteiger partial charge in [0.2, 0.25) is 5.91 Å². The van der Waals surface area contributed by atoms with E-state index in [1.807, 2.05) is 4.90 Å². The lowest BCUT2D eigenvalue weighted by molar-refractivity contribution is -0.121. The number of nitrogens with one attached hydrogen (secondary N) is 1. The molecule has 0 radical (unpaired) electrons. The van der Waals surface area contributed by atoms with E-state index in [4.69, 9.17) is 10.8 Å². The van der Waals surface area contributed by atoms with Crippen LogP contribution in [0, 0.1) is 5.82 Å². The molecule has 0 aromatic heterocycles. The molecule has 1 atom stereocenters. The number of unbranched alkanes of at least 4 members (excludes halogenated alkanes) is 1. The molecular weight excluding hydrogens is 273 g/mol. The van der Waals surface area contributed by atoms with Crippen LogP contribution in [-0.2, 0) is 4.79 Å². The van der Waals surface area contributed by atoms with Crippen molar-refractivity contribution in [2.75, 3.05) is 30.7 Å². The Morgan fingerprint density at radius 1 is 1.48 bits per heavy atom. The molecule has 1 aromatic rings. The Kier molecular flexibility index (Phi) is 7.11. The summed E-state index contributed by atoms with van der Waals surface area (Å²) in [7, 11) is 0. The molecule has 0 spiro atoms. The van der Waals surface area contributed by atoms with Crippen molar-refractivity contribution in [1.82, 2.24) is 4.90 Å². The van der Waals surface area contributed by atoms with Crippen molar-refractivity contribution in [3.8, 4) is 0 Å². The average molecular weight is 297 g/mol. The molecular formula is C15H24FN3O2. The van der Waals surface area contributed by atoms with Crippen molar-refractivity contribution in [1.29, 1.82) is 0 Å². The molecule has 1 rings (SSSR count). The number of nitrogen functional groups attached to an aromatic ring is 1. The van der Waals surface area contributed by atoms with Crippen LogP contribution in [0.1, 0.15) is 26.7 Å². The highest BCUT2D eigenvalue weighted by atomic mass is 19.1. The van der Waals surface area contributed by atoms with E-state index in [0.717, 1.165) is 12.8 Å². The van der Waals surface area contributed by atoms with Gasteiger partial charge in [-0.15, -0.1) is 0 Å². The molecule has 0 saturated carbocycles. The van der Waals surface area contributed by atoms with Crippen molar-refractivity contribution in [2.45, 2.75) is 32.7 Å². The van der Waals surface area contributed by atoms with Gasteiger partial charge in [-0.2, -0.15) is 0 Å². The molecule has 0 aliphatic rings. The molecule has 0 saturated heterocycles. The summed E-state index contributed by atoms with van der Waals surface area (Å²) in [5.74, 6) is -0.837. The number of halogens is 1. The number of aliphatic hydroxyl groups is 1. The zero-order valence-corrected chi connectivity index (χ0v) is 12.6. The fourth-order valence-corrected chi connectivity index (χ4v) is 2.03. The summed E-state index contributed by atoms with van der Waals surface area (Å²) >= 11 is 0. The Morgan fingerprint density at radius 3 is 2.81 bits per heavy atom. The zero-order valence-electron chi connectivity index (χ0n) is 12.6. The van der Waals surface area contributed by atoms with E-state index in [-0.39, 0.29) is 18.2 Å². The van der Waals surface area contributed by atoms with Crippen LogP contribution < -0.4 is 11.1 Å². The Balaban J connectivity index is 2.73. The van der Waals surface area contributed by atoms with Crippen LogP contribution in [0.5, 0.6) is 0 Å². The van der Waals surface area contributed by atoms with E-state index in [1.165, 1.54) is 18.2 Å². The highest BCUT2D eigenvalue weighted by Gasteiger charge is 2.21. The second-order valence-electron chi connectivity index (χ2n) is 5.02. The van der Waals surface area contributed by atoms with Crippen molar-refractivity contribution in [2.24, 2.45) is 0 Å². The largest absolute Gasteiger partial charge is 0.399 e. The lowest BCUT2D eigenvalue weighted by atomic mass is 10.2. The first-order chi connectivity index (χ1) is 9.99. The van der Waals surface area contributed by atoms with Crippen molar-refractivity contribution >= 4 is 17.3 Å². The predicted octanol–water partition coefficient (Wildman–Crippen LogP) is 1.83. The van der Waals surface area contributed by atoms with Crippen LogP contribution in [-0.4, -0.2) is 41.7 Å². The molecule has 0 fully saturated rings. The summed E-state index contributed by atoms with van der Waals surface area (Å²) in [4.78, 5) is 14.1. The number of carbonyl (C=O) groups excluding carboxylic acids is 1. The minimum Gasteiger partial charge on any atom is -0.399 e. The average Bonchev–Trinajstić information content (AvgIpc) is 2.46. The van der Waals surface area contributed by atoms with E-state index in [0.29, 0.717) is 18.8 Å². The monoisotopic (exact) mass is 297 g/mol. The van der Waals surface area contributed by atoms with E-state index in [2.05, 4.69) is 12.2 Å². The number of benzene rings is 1. The van der Waals surface area contributed by atoms with Gasteiger partial charge in [-0.25, -0.2) is 4.39 Å². The maximum Gasteiger partial charge on any atom is 0.241 e. The van der Waals surface area contributed by atoms with Gasteiger partial charge in [0.15, 0.2) is 0 Å². The maximum absolute atomic E-state index is 13.6. The summed E-state index contributed by atoms with van der Waals surface area (Å²) in [6.07, 6.45) is 1.93. The van der Waals surface area contributed by atoms with Gasteiger partial charge >= 0.3 is 0 Å². The van der Waals surface area contributed by atoms with Gasteiger partial charge in [0.1, 0.15) is 5.82 Å². The second-order valence-corrected chi connectivity index (χ2v) is 5.02. The lowest BCUT2D eigenvalue weighted by Crippen LogP contribution is -2.44. The number of hydrogen-bond acceptors (Lipinski definition) is 4. The summed E-state index contributed by atoms with van der Waals surface area (Å²) in [5, 5.41) is 11.6. The third-order valence-corrected chi connectivity index (χ3v) is 3.36. The lowest BCUT2D eigenvalue weighted by Gasteiger charge is -2.27. The summed E-state index contributed by atoms with van der Waals surface area (Å²) < 4.78 is 13.6. The van der Waals surface area contributed by atoms with Crippen molar-refractivity contribution < 1.29 is 14.3 Å². The number of amides is 1. The van der Waals surface area contributed by atoms with Crippen molar-refractivity contribution in [3.05, 3.63) is 24.0 Å². The highest BCUT2D eigenvalue weighted by Crippen LogP contribution is 2.18. The molecule has 6 heteroatoms. The van der Waals surface area contributed by atoms with Crippen LogP contribution >= 0.6 is 0 Å². The van der Waals surface area contributed by atoms with Crippen molar-refractivity contribution in [3.63, 3.8) is 0 Å². The van der Waals surface area contributed by atoms with Gasteiger partial charge in [0.25, 0.3) is 0 Å². The Morgan fingerprint density at radius 2 is 2.19 bits per heavy atom. The summed E-state index contributed by atoms with van der Waals surface area (Å²) in [5.41, 5.74) is 6.05. The number of anilines is 2. The number of aliphatic hydroxyl groups excluding tert-OH is 1. The molecule has 118 valence electrons. The molecule has 1 unspecified atom stereocenters. The Labute approximate surface area is 124 Å². The third-order valence-electron chi connectivity index (χ3n) is 3.36. The number of nitrogens with zero attached hydrogens (tertiary/aromatic N) is 1. The molecule has 21 heavy (non-hydrogen) atoms. The molecule has 0 aliphatic heterocycles. The number of carbonyl (C=O) groups is 1. The highest BCUT2D eigenvalue weighted by molar-refractivity contribution is 5.95. The normalized spacial score (nSPS) is 12.4. The molecule has 4 N–H and O–H groups in total. The summed E-state index contributed by atoms with van der Waals surface area (Å²) in [6.45, 7) is 4.90. The van der Waals surface area contributed by atoms with Crippen LogP contribution in [0.2, 0.25) is 0 Å². The topological polar surface area (TPSA) is 78.6 Å². The van der Waals surface area contributed by atoms with Gasteiger partial charge in [0.05, 0.1) is 18.3 Å². The van der Waals surface area contributed by atoms with Crippen LogP contribution in [0.15, 0.2) is 18.2 Å². The smallest absolute Gasteiger partial charge is 0.241 e. The van der Waals surface area contributed by atoms with Gasteiger partial charge < -0.3 is 16.2 Å². The first kappa shape index (κ1) is 17.4. The van der Waals surface area contributed by atoms with E-state index < -0.39 is 11.9 Å². The van der Waals surface area contributed by atoms with E-state index in [9.17, 15) is 9.18 Å². The zero-order chi connectivity index (χ0) is 15.8. The van der Waals surface area contributed by atoms with Gasteiger partial charge in [-0.05, 0) is 38.1 Å². The summed E-state index contributed by atoms with van der Waals surface area (Å²) in [6, 6.07) is 3.60. The minimum atomic E-state index is -0.521. The maximum atomic E-state index is 13.6. The Hall–Kier alpha value is -1.66. The standard InChI is InChI=1S/C15H24FN3O2/c1-3-4-7-19(8-9-20)11(2)15(21)18-14-10-12(17)5-6-13(14)16/h5-6,10-11,20H,3-4,7-9,17H2,1-2H3,(H,18,21). The first-order valence-electron chi connectivity index (χ1n) is 7.20. The van der Waals surface area contributed by atoms with Gasteiger partial charge in [-0.1, -0.05) is 13.3 Å². The third kappa shape index (κ3) is 5.32. The second kappa shape index (κ2) is 8.59. The van der Waals surface area contributed by atoms with Crippen LogP contribution in [0.25, 0.3) is 0 Å². The fourth-order valence-electron chi connectivity index (χ4n) is 2.03. The quantitative estimate of drug-likeness (QED) is 0.640. The number of hydrogen-bond donors (Lipinski definition) is 3. The van der Waals surface area contributed by atoms with E-state index in [1.54, 1.807) is 6.92 Å². The molecule has 1 aromatic carbocycles. The molecule has 5 nitrogen and oxygen atoms in total. The molecule has 0 bridgehead atoms. The number of rotatable bonds is 8. The minimum absolute atomic E-state index is 0.0199. The predicted molar refractivity (Wildman–Crippen MR) is 82.5 cm³/mol. The molecule has 0 heterocycles. The number of nitrogens with two attached hydrogens (primary N) is 1. The van der Waals surface area contributed by atoms with E-state index >= 15 is 0 Å².